The van der Waals surface area contributed by atoms with Crippen LogP contribution in [0.4, 0.5) is 5.82 Å². The van der Waals surface area contributed by atoms with E-state index in [1.54, 1.807) is 17.8 Å². The highest BCUT2D eigenvalue weighted by Gasteiger charge is 2.40. The lowest BCUT2D eigenvalue weighted by Crippen LogP contribution is -2.58. The number of fused-ring (bicyclic) bond motifs is 1. The summed E-state index contributed by atoms with van der Waals surface area (Å²) in [5.74, 6) is 0.563. The number of nitrogens with one attached hydrogen (secondary N) is 3. The van der Waals surface area contributed by atoms with E-state index in [-0.39, 0.29) is 5.78 Å². The fourth-order valence-corrected chi connectivity index (χ4v) is 3.23. The number of benzene rings is 1. The number of hydrogen-bond acceptors (Lipinski definition) is 6. The maximum absolute atomic E-state index is 12.8. The van der Waals surface area contributed by atoms with Gasteiger partial charge in [-0.1, -0.05) is 12.1 Å². The molecule has 0 atom stereocenters. The first kappa shape index (κ1) is 16.2. The van der Waals surface area contributed by atoms with Gasteiger partial charge in [0.1, 0.15) is 6.07 Å². The molecule has 0 spiro atoms. The molecule has 0 radical (unpaired) electrons. The van der Waals surface area contributed by atoms with Crippen LogP contribution >= 0.6 is 0 Å². The topological polar surface area (TPSA) is 94.8 Å². The van der Waals surface area contributed by atoms with Crippen molar-refractivity contribution < 1.29 is 4.79 Å². The van der Waals surface area contributed by atoms with Gasteiger partial charge in [-0.15, -0.1) is 5.10 Å². The van der Waals surface area contributed by atoms with Crippen molar-refractivity contribution in [1.82, 2.24) is 20.4 Å². The second-order valence-corrected chi connectivity index (χ2v) is 5.82. The molecule has 2 aromatic rings. The molecule has 1 aromatic heterocycles. The third kappa shape index (κ3) is 2.37. The van der Waals surface area contributed by atoms with E-state index < -0.39 is 5.66 Å². The zero-order valence-corrected chi connectivity index (χ0v) is 14.0. The number of nitriles is 1. The lowest BCUT2D eigenvalue weighted by atomic mass is 9.86. The first-order valence-corrected chi connectivity index (χ1v) is 7.79. The Hall–Kier alpha value is -2.69. The summed E-state index contributed by atoms with van der Waals surface area (Å²) >= 11 is 0. The number of likely N-dealkylation sites (N-methyl/N-ethyl adjacent to an activating group) is 2. The molecule has 3 rings (SSSR count). The van der Waals surface area contributed by atoms with Gasteiger partial charge in [0.15, 0.2) is 11.6 Å². The number of nitrogens with zero attached hydrogens (tertiary/aromatic N) is 3. The van der Waals surface area contributed by atoms with E-state index in [4.69, 9.17) is 0 Å². The number of carbonyl (C=O) groups excluding carboxylic acids is 1. The summed E-state index contributed by atoms with van der Waals surface area (Å²) in [6.07, 6.45) is 0.919. The van der Waals surface area contributed by atoms with Gasteiger partial charge in [-0.05, 0) is 26.2 Å². The van der Waals surface area contributed by atoms with Gasteiger partial charge in [0.2, 0.25) is 0 Å². The molecule has 0 amide bonds. The second-order valence-electron chi connectivity index (χ2n) is 5.82. The number of anilines is 1. The van der Waals surface area contributed by atoms with E-state index in [9.17, 15) is 10.1 Å². The molecule has 0 bridgehead atoms. The molecule has 7 heteroatoms. The van der Waals surface area contributed by atoms with Crippen LogP contribution in [0.1, 0.15) is 28.0 Å². The van der Waals surface area contributed by atoms with Crippen molar-refractivity contribution in [2.45, 2.75) is 18.5 Å². The first-order valence-electron chi connectivity index (χ1n) is 7.79. The minimum absolute atomic E-state index is 0.0185. The van der Waals surface area contributed by atoms with E-state index in [0.717, 1.165) is 5.69 Å². The van der Waals surface area contributed by atoms with Crippen molar-refractivity contribution in [1.29, 1.82) is 5.26 Å². The highest BCUT2D eigenvalue weighted by molar-refractivity contribution is 6.03. The number of carbonyl (C=O) groups is 1. The number of ketones is 1. The van der Waals surface area contributed by atoms with Crippen molar-refractivity contribution in [2.75, 3.05) is 26.5 Å². The quantitative estimate of drug-likeness (QED) is 0.728. The zero-order valence-electron chi connectivity index (χ0n) is 14.0. The average Bonchev–Trinajstić information content (AvgIpc) is 3.00. The highest BCUT2D eigenvalue weighted by Crippen LogP contribution is 2.33. The molecular formula is C17H20N6O. The Morgan fingerprint density at radius 1 is 1.21 bits per heavy atom. The van der Waals surface area contributed by atoms with Crippen LogP contribution in [0, 0.1) is 11.3 Å². The van der Waals surface area contributed by atoms with Crippen LogP contribution in [-0.2, 0) is 6.42 Å². The maximum atomic E-state index is 12.8. The Balaban J connectivity index is 2.25. The van der Waals surface area contributed by atoms with E-state index in [1.807, 2.05) is 32.3 Å². The van der Waals surface area contributed by atoms with Crippen LogP contribution in [0.2, 0.25) is 0 Å². The number of hydrogen-bond donors (Lipinski definition) is 3. The van der Waals surface area contributed by atoms with Gasteiger partial charge in [0.25, 0.3) is 0 Å². The molecule has 0 saturated heterocycles. The summed E-state index contributed by atoms with van der Waals surface area (Å²) in [4.78, 5) is 12.8. The smallest absolute Gasteiger partial charge is 0.171 e. The number of rotatable bonds is 4. The molecule has 1 aliphatic carbocycles. The molecule has 3 N–H and O–H groups in total. The van der Waals surface area contributed by atoms with E-state index >= 15 is 0 Å². The molecule has 1 heterocycles. The predicted molar refractivity (Wildman–Crippen MR) is 91.3 cm³/mol. The second kappa shape index (κ2) is 6.07. The van der Waals surface area contributed by atoms with Gasteiger partial charge < -0.3 is 16.0 Å². The minimum atomic E-state index is -0.519. The van der Waals surface area contributed by atoms with Crippen LogP contribution in [-0.4, -0.2) is 42.4 Å². The molecule has 0 saturated carbocycles. The Morgan fingerprint density at radius 3 is 2.54 bits per heavy atom. The standard InChI is InChI=1S/C17H20N6O/c1-19-16-15-13(8-17(20-2,21-3)9-14(15)24)23(22-16)12-7-5-4-6-11(12)10-18/h4-7,20-21H,8-9H2,1-3H3,(H,19,22). The molecule has 1 aromatic carbocycles. The van der Waals surface area contributed by atoms with Crippen LogP contribution < -0.4 is 16.0 Å². The molecule has 0 unspecified atom stereocenters. The van der Waals surface area contributed by atoms with Crippen molar-refractivity contribution >= 4 is 11.6 Å². The summed E-state index contributed by atoms with van der Waals surface area (Å²) in [6, 6.07) is 9.45. The summed E-state index contributed by atoms with van der Waals surface area (Å²) in [7, 11) is 5.41. The van der Waals surface area contributed by atoms with Crippen LogP contribution in [0.5, 0.6) is 0 Å². The molecule has 0 aliphatic heterocycles. The van der Waals surface area contributed by atoms with Crippen molar-refractivity contribution in [3.05, 3.63) is 41.1 Å². The Morgan fingerprint density at radius 2 is 1.92 bits per heavy atom. The lowest BCUT2D eigenvalue weighted by Gasteiger charge is -2.36. The fourth-order valence-electron chi connectivity index (χ4n) is 3.23. The number of Topliss-reactive ketones (excluding diaryl/α,β-unsaturated/α-hetero) is 1. The van der Waals surface area contributed by atoms with Crippen LogP contribution in [0.15, 0.2) is 24.3 Å². The van der Waals surface area contributed by atoms with E-state index in [1.165, 1.54) is 0 Å². The van der Waals surface area contributed by atoms with Crippen molar-refractivity contribution in [3.8, 4) is 11.8 Å². The van der Waals surface area contributed by atoms with Crippen molar-refractivity contribution in [2.24, 2.45) is 0 Å². The Kier molecular flexibility index (Phi) is 4.09. The molecule has 24 heavy (non-hydrogen) atoms. The average molecular weight is 324 g/mol. The Labute approximate surface area is 140 Å². The maximum Gasteiger partial charge on any atom is 0.171 e. The van der Waals surface area contributed by atoms with E-state index in [0.29, 0.717) is 35.5 Å². The van der Waals surface area contributed by atoms with Gasteiger partial charge in [0, 0.05) is 19.9 Å². The summed E-state index contributed by atoms with van der Waals surface area (Å²) in [6.45, 7) is 0. The van der Waals surface area contributed by atoms with Crippen LogP contribution in [0.25, 0.3) is 5.69 Å². The highest BCUT2D eigenvalue weighted by atomic mass is 16.1. The molecule has 7 nitrogen and oxygen atoms in total. The minimum Gasteiger partial charge on any atom is -0.371 e. The number of para-hydroxylation sites is 1. The summed E-state index contributed by atoms with van der Waals surface area (Å²) in [5, 5.41) is 23.4. The normalized spacial score (nSPS) is 15.7. The SMILES string of the molecule is CNc1nn(-c2ccccc2C#N)c2c1C(=O)CC(NC)(NC)C2. The first-order chi connectivity index (χ1) is 11.6. The van der Waals surface area contributed by atoms with Crippen LogP contribution in [0.3, 0.4) is 0 Å². The van der Waals surface area contributed by atoms with Gasteiger partial charge >= 0.3 is 0 Å². The van der Waals surface area contributed by atoms with Gasteiger partial charge in [0.05, 0.1) is 28.2 Å². The lowest BCUT2D eigenvalue weighted by molar-refractivity contribution is 0.0903. The monoisotopic (exact) mass is 324 g/mol. The molecule has 1 aliphatic rings. The van der Waals surface area contributed by atoms with E-state index in [2.05, 4.69) is 27.1 Å². The molecular weight excluding hydrogens is 304 g/mol. The number of aromatic nitrogens is 2. The molecule has 124 valence electrons. The fraction of sp³-hybridized carbons (Fsp3) is 0.353. The van der Waals surface area contributed by atoms with Gasteiger partial charge in [-0.2, -0.15) is 5.26 Å². The Bertz CT molecular complexity index is 828. The summed E-state index contributed by atoms with van der Waals surface area (Å²) < 4.78 is 1.71. The summed E-state index contributed by atoms with van der Waals surface area (Å²) in [5.41, 5.74) is 2.07. The van der Waals surface area contributed by atoms with Gasteiger partial charge in [-0.25, -0.2) is 4.68 Å². The third-order valence-corrected chi connectivity index (χ3v) is 4.64. The zero-order chi connectivity index (χ0) is 17.3. The van der Waals surface area contributed by atoms with Crippen molar-refractivity contribution in [3.63, 3.8) is 0 Å². The largest absolute Gasteiger partial charge is 0.371 e. The van der Waals surface area contributed by atoms with Gasteiger partial charge in [-0.3, -0.25) is 4.79 Å². The molecule has 0 fully saturated rings. The predicted octanol–water partition coefficient (Wildman–Crippen LogP) is 1.05. The third-order valence-electron chi connectivity index (χ3n) is 4.64.